The third-order valence-electron chi connectivity index (χ3n) is 4.10. The molecule has 0 unspecified atom stereocenters. The van der Waals surface area contributed by atoms with Gasteiger partial charge in [-0.25, -0.2) is 8.42 Å². The van der Waals surface area contributed by atoms with Crippen LogP contribution in [-0.2, 0) is 10.0 Å². The zero-order valence-electron chi connectivity index (χ0n) is 15.8. The first-order chi connectivity index (χ1) is 13.8. The average molecular weight is 475 g/mol. The van der Waals surface area contributed by atoms with E-state index < -0.39 is 15.9 Å². The van der Waals surface area contributed by atoms with E-state index in [2.05, 4.69) is 26.0 Å². The Morgan fingerprint density at radius 1 is 0.966 bits per heavy atom. The number of carbonyl (C=O) groups excluding carboxylic acids is 1. The van der Waals surface area contributed by atoms with Gasteiger partial charge in [-0.3, -0.25) is 9.52 Å². The second-order valence-corrected chi connectivity index (χ2v) is 8.87. The topological polar surface area (TPSA) is 84.5 Å². The molecule has 0 aliphatic heterocycles. The summed E-state index contributed by atoms with van der Waals surface area (Å²) in [4.78, 5) is 12.5. The van der Waals surface area contributed by atoms with Crippen LogP contribution in [0.2, 0.25) is 0 Å². The fourth-order valence-corrected chi connectivity index (χ4v) is 4.28. The summed E-state index contributed by atoms with van der Waals surface area (Å²) in [6.07, 6.45) is 0. The Balaban J connectivity index is 1.91. The fraction of sp³-hybridized carbons (Fsp3) is 0.0952. The van der Waals surface area contributed by atoms with E-state index in [0.29, 0.717) is 11.4 Å². The number of amides is 1. The maximum Gasteiger partial charge on any atom is 0.265 e. The molecule has 0 saturated heterocycles. The number of halogens is 1. The number of nitrogens with one attached hydrogen (secondary N) is 2. The number of methoxy groups -OCH3 is 1. The van der Waals surface area contributed by atoms with E-state index in [1.165, 1.54) is 25.3 Å². The molecule has 3 aromatic rings. The van der Waals surface area contributed by atoms with Crippen LogP contribution >= 0.6 is 15.9 Å². The van der Waals surface area contributed by atoms with Crippen LogP contribution in [-0.4, -0.2) is 21.4 Å². The van der Waals surface area contributed by atoms with Gasteiger partial charge in [0.2, 0.25) is 0 Å². The van der Waals surface area contributed by atoms with E-state index >= 15 is 0 Å². The van der Waals surface area contributed by atoms with Gasteiger partial charge < -0.3 is 10.1 Å². The van der Waals surface area contributed by atoms with Crippen molar-refractivity contribution in [1.82, 2.24) is 0 Å². The van der Waals surface area contributed by atoms with Gasteiger partial charge in [0.25, 0.3) is 15.9 Å². The van der Waals surface area contributed by atoms with Crippen molar-refractivity contribution in [2.24, 2.45) is 0 Å². The summed E-state index contributed by atoms with van der Waals surface area (Å²) in [5.41, 5.74) is 2.20. The molecule has 0 bridgehead atoms. The third kappa shape index (κ3) is 5.16. The van der Waals surface area contributed by atoms with Crippen LogP contribution in [0.25, 0.3) is 0 Å². The minimum absolute atomic E-state index is 0.123. The zero-order chi connectivity index (χ0) is 21.0. The Labute approximate surface area is 178 Å². The van der Waals surface area contributed by atoms with Gasteiger partial charge in [-0.15, -0.1) is 0 Å². The second-order valence-electron chi connectivity index (χ2n) is 6.30. The summed E-state index contributed by atoms with van der Waals surface area (Å²) >= 11 is 3.35. The van der Waals surface area contributed by atoms with Gasteiger partial charge >= 0.3 is 0 Å². The largest absolute Gasteiger partial charge is 0.495 e. The predicted octanol–water partition coefficient (Wildman–Crippen LogP) is 4.82. The summed E-state index contributed by atoms with van der Waals surface area (Å²) in [6.45, 7) is 1.91. The summed E-state index contributed by atoms with van der Waals surface area (Å²) in [7, 11) is -2.59. The van der Waals surface area contributed by atoms with Crippen LogP contribution in [0.3, 0.4) is 0 Å². The molecule has 0 saturated carbocycles. The number of sulfonamides is 1. The molecule has 0 aliphatic rings. The van der Waals surface area contributed by atoms with E-state index in [9.17, 15) is 13.2 Å². The van der Waals surface area contributed by atoms with Crippen molar-refractivity contribution in [3.8, 4) is 5.75 Å². The van der Waals surface area contributed by atoms with Crippen LogP contribution in [0.5, 0.6) is 5.75 Å². The molecule has 8 heteroatoms. The second kappa shape index (κ2) is 8.67. The smallest absolute Gasteiger partial charge is 0.265 e. The summed E-state index contributed by atoms with van der Waals surface area (Å²) < 4.78 is 34.4. The molecule has 0 radical (unpaired) electrons. The van der Waals surface area contributed by atoms with Gasteiger partial charge in [-0.05, 0) is 55.5 Å². The molecular weight excluding hydrogens is 456 g/mol. The number of ether oxygens (including phenoxy) is 1. The number of carbonyl (C=O) groups is 1. The number of benzene rings is 3. The molecule has 0 atom stereocenters. The highest BCUT2D eigenvalue weighted by Gasteiger charge is 2.22. The molecule has 0 heterocycles. The minimum Gasteiger partial charge on any atom is -0.495 e. The van der Waals surface area contributed by atoms with Gasteiger partial charge in [0.15, 0.2) is 0 Å². The Morgan fingerprint density at radius 2 is 1.69 bits per heavy atom. The van der Waals surface area contributed by atoms with E-state index in [4.69, 9.17) is 4.74 Å². The van der Waals surface area contributed by atoms with E-state index in [1.54, 1.807) is 42.5 Å². The Bertz CT molecular complexity index is 1150. The molecule has 2 N–H and O–H groups in total. The van der Waals surface area contributed by atoms with Gasteiger partial charge in [0, 0.05) is 21.4 Å². The number of hydrogen-bond acceptors (Lipinski definition) is 4. The molecule has 3 rings (SSSR count). The Kier molecular flexibility index (Phi) is 6.24. The fourth-order valence-electron chi connectivity index (χ4n) is 2.63. The first-order valence-electron chi connectivity index (χ1n) is 8.63. The lowest BCUT2D eigenvalue weighted by atomic mass is 10.2. The number of hydrogen-bond donors (Lipinski definition) is 2. The van der Waals surface area contributed by atoms with E-state index in [0.717, 1.165) is 10.0 Å². The molecular formula is C21H19BrN2O4S. The van der Waals surface area contributed by atoms with Gasteiger partial charge in [-0.1, -0.05) is 39.7 Å². The van der Waals surface area contributed by atoms with E-state index in [-0.39, 0.29) is 16.2 Å². The molecule has 0 fully saturated rings. The first-order valence-corrected chi connectivity index (χ1v) is 10.9. The molecule has 0 aliphatic carbocycles. The molecule has 29 heavy (non-hydrogen) atoms. The number of aryl methyl sites for hydroxylation is 1. The van der Waals surface area contributed by atoms with Crippen LogP contribution in [0.15, 0.2) is 76.1 Å². The highest BCUT2D eigenvalue weighted by atomic mass is 79.9. The summed E-state index contributed by atoms with van der Waals surface area (Å²) in [6, 6.07) is 18.3. The quantitative estimate of drug-likeness (QED) is 0.536. The molecule has 0 spiro atoms. The van der Waals surface area contributed by atoms with Crippen LogP contribution in [0.1, 0.15) is 15.9 Å². The van der Waals surface area contributed by atoms with E-state index in [1.807, 2.05) is 13.0 Å². The Hall–Kier alpha value is -2.84. The van der Waals surface area contributed by atoms with Crippen molar-refractivity contribution in [2.45, 2.75) is 11.8 Å². The highest BCUT2D eigenvalue weighted by molar-refractivity contribution is 9.10. The predicted molar refractivity (Wildman–Crippen MR) is 117 cm³/mol. The van der Waals surface area contributed by atoms with Gasteiger partial charge in [0.1, 0.15) is 10.6 Å². The minimum atomic E-state index is -3.97. The molecule has 3 aromatic carbocycles. The average Bonchev–Trinajstić information content (AvgIpc) is 2.69. The van der Waals surface area contributed by atoms with Crippen molar-refractivity contribution in [2.75, 3.05) is 17.1 Å². The summed E-state index contributed by atoms with van der Waals surface area (Å²) in [5.74, 6) is -0.291. The molecule has 1 amide bonds. The lowest BCUT2D eigenvalue weighted by Crippen LogP contribution is -2.17. The molecule has 150 valence electrons. The monoisotopic (exact) mass is 474 g/mol. The lowest BCUT2D eigenvalue weighted by molar-refractivity contribution is 0.102. The third-order valence-corrected chi connectivity index (χ3v) is 6.00. The maximum absolute atomic E-state index is 12.9. The van der Waals surface area contributed by atoms with Crippen molar-refractivity contribution in [3.05, 3.63) is 82.3 Å². The van der Waals surface area contributed by atoms with Crippen LogP contribution < -0.4 is 14.8 Å². The van der Waals surface area contributed by atoms with Crippen LogP contribution in [0, 0.1) is 6.92 Å². The van der Waals surface area contributed by atoms with Gasteiger partial charge in [-0.2, -0.15) is 0 Å². The SMILES string of the molecule is COc1ccc(C(=O)Nc2cccc(Br)c2)cc1S(=O)(=O)Nc1ccc(C)cc1. The first kappa shape index (κ1) is 20.9. The summed E-state index contributed by atoms with van der Waals surface area (Å²) in [5, 5.41) is 2.75. The van der Waals surface area contributed by atoms with Crippen LogP contribution in [0.4, 0.5) is 11.4 Å². The maximum atomic E-state index is 12.9. The van der Waals surface area contributed by atoms with Crippen molar-refractivity contribution in [3.63, 3.8) is 0 Å². The number of anilines is 2. The molecule has 6 nitrogen and oxygen atoms in total. The molecule has 0 aromatic heterocycles. The van der Waals surface area contributed by atoms with Gasteiger partial charge in [0.05, 0.1) is 7.11 Å². The standard InChI is InChI=1S/C21H19BrN2O4S/c1-14-6-9-17(10-7-14)24-29(26,27)20-12-15(8-11-19(20)28-2)21(25)23-18-5-3-4-16(22)13-18/h3-13,24H,1-2H3,(H,23,25). The zero-order valence-corrected chi connectivity index (χ0v) is 18.2. The van der Waals surface area contributed by atoms with Crippen molar-refractivity contribution >= 4 is 43.2 Å². The lowest BCUT2D eigenvalue weighted by Gasteiger charge is -2.13. The van der Waals surface area contributed by atoms with Crippen molar-refractivity contribution < 1.29 is 17.9 Å². The normalized spacial score (nSPS) is 11.0. The van der Waals surface area contributed by atoms with Crippen molar-refractivity contribution in [1.29, 1.82) is 0 Å². The Morgan fingerprint density at radius 3 is 2.34 bits per heavy atom. The highest BCUT2D eigenvalue weighted by Crippen LogP contribution is 2.27. The number of rotatable bonds is 6.